The van der Waals surface area contributed by atoms with Crippen LogP contribution in [0.2, 0.25) is 0 Å². The standard InChI is InChI=1S/C15H14F2N2O3S2/c16-11-2-1-10(6-12(11)17)13-7-23-15(18-13)19-14(20)5-9-3-4-24(21,22)8-9/h1-2,6-7,9H,3-5,8H2,(H,18,19,20)/t9-/m1/s1. The molecule has 1 atom stereocenters. The number of hydrogen-bond donors (Lipinski definition) is 1. The Balaban J connectivity index is 1.63. The molecule has 1 fully saturated rings. The van der Waals surface area contributed by atoms with E-state index in [0.29, 0.717) is 22.8 Å². The van der Waals surface area contributed by atoms with Gasteiger partial charge in [-0.25, -0.2) is 22.2 Å². The van der Waals surface area contributed by atoms with Crippen LogP contribution in [0.5, 0.6) is 0 Å². The van der Waals surface area contributed by atoms with Gasteiger partial charge in [0.1, 0.15) is 0 Å². The average Bonchev–Trinajstić information content (AvgIpc) is 3.08. The lowest BCUT2D eigenvalue weighted by molar-refractivity contribution is -0.116. The van der Waals surface area contributed by atoms with Crippen molar-refractivity contribution in [3.05, 3.63) is 35.2 Å². The maximum atomic E-state index is 13.3. The number of thiazole rings is 1. The Bertz CT molecular complexity index is 881. The summed E-state index contributed by atoms with van der Waals surface area (Å²) in [5.41, 5.74) is 0.838. The number of amides is 1. The molecule has 1 aliphatic heterocycles. The first-order valence-electron chi connectivity index (χ1n) is 7.23. The molecule has 9 heteroatoms. The third-order valence-electron chi connectivity index (χ3n) is 3.77. The van der Waals surface area contributed by atoms with E-state index >= 15 is 0 Å². The molecular formula is C15H14F2N2O3S2. The molecule has 1 aromatic carbocycles. The molecule has 1 saturated heterocycles. The first kappa shape index (κ1) is 17.0. The van der Waals surface area contributed by atoms with Crippen LogP contribution < -0.4 is 5.32 Å². The van der Waals surface area contributed by atoms with E-state index in [1.807, 2.05) is 0 Å². The van der Waals surface area contributed by atoms with E-state index in [4.69, 9.17) is 0 Å². The molecule has 0 saturated carbocycles. The van der Waals surface area contributed by atoms with Gasteiger partial charge >= 0.3 is 0 Å². The Labute approximate surface area is 141 Å². The van der Waals surface area contributed by atoms with Gasteiger partial charge in [0.2, 0.25) is 5.91 Å². The highest BCUT2D eigenvalue weighted by molar-refractivity contribution is 7.91. The van der Waals surface area contributed by atoms with Crippen LogP contribution in [0.1, 0.15) is 12.8 Å². The van der Waals surface area contributed by atoms with Crippen molar-refractivity contribution in [2.45, 2.75) is 12.8 Å². The fourth-order valence-corrected chi connectivity index (χ4v) is 5.18. The molecule has 2 heterocycles. The van der Waals surface area contributed by atoms with Gasteiger partial charge in [-0.3, -0.25) is 4.79 Å². The normalized spacial score (nSPS) is 19.3. The zero-order valence-corrected chi connectivity index (χ0v) is 14.1. The summed E-state index contributed by atoms with van der Waals surface area (Å²) in [5.74, 6) is -2.20. The lowest BCUT2D eigenvalue weighted by Crippen LogP contribution is -2.17. The predicted molar refractivity (Wildman–Crippen MR) is 87.5 cm³/mol. The lowest BCUT2D eigenvalue weighted by atomic mass is 10.1. The fourth-order valence-electron chi connectivity index (χ4n) is 2.58. The van der Waals surface area contributed by atoms with Crippen molar-refractivity contribution < 1.29 is 22.0 Å². The molecule has 0 unspecified atom stereocenters. The Hall–Kier alpha value is -1.87. The Morgan fingerprint density at radius 3 is 2.79 bits per heavy atom. The number of carbonyl (C=O) groups excluding carboxylic acids is 1. The van der Waals surface area contributed by atoms with Gasteiger partial charge in [-0.2, -0.15) is 0 Å². The summed E-state index contributed by atoms with van der Waals surface area (Å²) in [6.45, 7) is 0. The van der Waals surface area contributed by atoms with Crippen molar-refractivity contribution >= 4 is 32.2 Å². The summed E-state index contributed by atoms with van der Waals surface area (Å²) in [6, 6.07) is 3.46. The van der Waals surface area contributed by atoms with E-state index in [0.717, 1.165) is 23.5 Å². The maximum absolute atomic E-state index is 13.3. The minimum atomic E-state index is -3.01. The second-order valence-corrected chi connectivity index (χ2v) is 8.77. The number of aromatic nitrogens is 1. The fraction of sp³-hybridized carbons (Fsp3) is 0.333. The highest BCUT2D eigenvalue weighted by Crippen LogP contribution is 2.27. The van der Waals surface area contributed by atoms with Gasteiger partial charge in [0.05, 0.1) is 17.2 Å². The number of nitrogens with one attached hydrogen (secondary N) is 1. The van der Waals surface area contributed by atoms with E-state index < -0.39 is 21.5 Å². The van der Waals surface area contributed by atoms with Crippen LogP contribution in [-0.2, 0) is 14.6 Å². The number of sulfone groups is 1. The quantitative estimate of drug-likeness (QED) is 0.895. The molecule has 5 nitrogen and oxygen atoms in total. The molecule has 24 heavy (non-hydrogen) atoms. The third-order valence-corrected chi connectivity index (χ3v) is 6.36. The third kappa shape index (κ3) is 3.96. The molecule has 2 aromatic rings. The van der Waals surface area contributed by atoms with E-state index in [1.54, 1.807) is 5.38 Å². The monoisotopic (exact) mass is 372 g/mol. The minimum absolute atomic E-state index is 0.0401. The maximum Gasteiger partial charge on any atom is 0.226 e. The first-order chi connectivity index (χ1) is 11.3. The molecular weight excluding hydrogens is 358 g/mol. The van der Waals surface area contributed by atoms with Crippen LogP contribution in [0, 0.1) is 17.6 Å². The van der Waals surface area contributed by atoms with Crippen molar-refractivity contribution in [2.75, 3.05) is 16.8 Å². The second kappa shape index (κ2) is 6.56. The summed E-state index contributed by atoms with van der Waals surface area (Å²) in [7, 11) is -3.01. The zero-order chi connectivity index (χ0) is 17.3. The summed E-state index contributed by atoms with van der Waals surface area (Å²) in [6.07, 6.45) is 0.618. The number of benzene rings is 1. The number of hydrogen-bond acceptors (Lipinski definition) is 5. The summed E-state index contributed by atoms with van der Waals surface area (Å²) in [4.78, 5) is 16.1. The summed E-state index contributed by atoms with van der Waals surface area (Å²) < 4.78 is 49.0. The highest BCUT2D eigenvalue weighted by Gasteiger charge is 2.29. The van der Waals surface area contributed by atoms with E-state index in [-0.39, 0.29) is 29.8 Å². The van der Waals surface area contributed by atoms with Gasteiger partial charge < -0.3 is 5.32 Å². The first-order valence-corrected chi connectivity index (χ1v) is 9.94. The largest absolute Gasteiger partial charge is 0.302 e. The van der Waals surface area contributed by atoms with Crippen LogP contribution in [0.3, 0.4) is 0 Å². The van der Waals surface area contributed by atoms with E-state index in [9.17, 15) is 22.0 Å². The van der Waals surface area contributed by atoms with Gasteiger partial charge in [-0.15, -0.1) is 11.3 Å². The Morgan fingerprint density at radius 1 is 1.33 bits per heavy atom. The molecule has 1 amide bonds. The molecule has 0 aliphatic carbocycles. The van der Waals surface area contributed by atoms with Crippen molar-refractivity contribution in [1.29, 1.82) is 0 Å². The smallest absolute Gasteiger partial charge is 0.226 e. The number of halogens is 2. The molecule has 3 rings (SSSR count). The van der Waals surface area contributed by atoms with Crippen LogP contribution in [0.4, 0.5) is 13.9 Å². The van der Waals surface area contributed by atoms with Crippen molar-refractivity contribution in [2.24, 2.45) is 5.92 Å². The topological polar surface area (TPSA) is 76.1 Å². The summed E-state index contributed by atoms with van der Waals surface area (Å²) in [5, 5.41) is 4.58. The molecule has 128 valence electrons. The van der Waals surface area contributed by atoms with E-state index in [1.165, 1.54) is 6.07 Å². The average molecular weight is 372 g/mol. The minimum Gasteiger partial charge on any atom is -0.302 e. The summed E-state index contributed by atoms with van der Waals surface area (Å²) >= 11 is 1.16. The van der Waals surface area contributed by atoms with Gasteiger partial charge in [-0.05, 0) is 30.5 Å². The van der Waals surface area contributed by atoms with Gasteiger partial charge in [0.25, 0.3) is 0 Å². The molecule has 1 N–H and O–H groups in total. The molecule has 1 aromatic heterocycles. The highest BCUT2D eigenvalue weighted by atomic mass is 32.2. The predicted octanol–water partition coefficient (Wildman–Crippen LogP) is 2.85. The second-order valence-electron chi connectivity index (χ2n) is 5.69. The number of rotatable bonds is 4. The molecule has 0 bridgehead atoms. The van der Waals surface area contributed by atoms with E-state index in [2.05, 4.69) is 10.3 Å². The Morgan fingerprint density at radius 2 is 2.12 bits per heavy atom. The van der Waals surface area contributed by atoms with Crippen LogP contribution >= 0.6 is 11.3 Å². The van der Waals surface area contributed by atoms with Crippen molar-refractivity contribution in [1.82, 2.24) is 4.98 Å². The van der Waals surface area contributed by atoms with Gasteiger partial charge in [-0.1, -0.05) is 0 Å². The molecule has 0 spiro atoms. The lowest BCUT2D eigenvalue weighted by Gasteiger charge is -2.06. The zero-order valence-electron chi connectivity index (χ0n) is 12.5. The number of carbonyl (C=O) groups is 1. The van der Waals surface area contributed by atoms with Crippen LogP contribution in [0.15, 0.2) is 23.6 Å². The SMILES string of the molecule is O=C(C[C@H]1CCS(=O)(=O)C1)Nc1nc(-c2ccc(F)c(F)c2)cs1. The van der Waals surface area contributed by atoms with Crippen molar-refractivity contribution in [3.8, 4) is 11.3 Å². The van der Waals surface area contributed by atoms with Crippen LogP contribution in [0.25, 0.3) is 11.3 Å². The van der Waals surface area contributed by atoms with Crippen molar-refractivity contribution in [3.63, 3.8) is 0 Å². The van der Waals surface area contributed by atoms with Crippen LogP contribution in [-0.4, -0.2) is 30.8 Å². The van der Waals surface area contributed by atoms with Gasteiger partial charge in [0.15, 0.2) is 26.6 Å². The Kier molecular flexibility index (Phi) is 4.64. The molecule has 0 radical (unpaired) electrons. The number of anilines is 1. The van der Waals surface area contributed by atoms with Gasteiger partial charge in [0, 0.05) is 17.4 Å². The molecule has 1 aliphatic rings. The number of nitrogens with zero attached hydrogens (tertiary/aromatic N) is 1.